The van der Waals surface area contributed by atoms with E-state index >= 15 is 0 Å². The van der Waals surface area contributed by atoms with Crippen LogP contribution in [0.1, 0.15) is 0 Å². The van der Waals surface area contributed by atoms with Crippen LogP contribution in [0.5, 0.6) is 0 Å². The third-order valence-corrected chi connectivity index (χ3v) is 13.0. The molecule has 0 unspecified atom stereocenters. The van der Waals surface area contributed by atoms with Gasteiger partial charge in [-0.3, -0.25) is 0 Å². The van der Waals surface area contributed by atoms with E-state index in [1.807, 2.05) is 81.1 Å². The molecule has 3 aromatic rings. The van der Waals surface area contributed by atoms with Crippen LogP contribution < -0.4 is 0 Å². The van der Waals surface area contributed by atoms with Crippen LogP contribution in [0.15, 0.2) is 42.5 Å². The van der Waals surface area contributed by atoms with Gasteiger partial charge in [0.1, 0.15) is 0 Å². The number of rotatable bonds is 2. The largest absolute Gasteiger partial charge is 0.134 e. The molecule has 2 aliphatic rings. The standard InChI is InChI=1S/C16H12S7/c1-2-10(12-8-14-16(23-12)20-6-4-18-14)21-9(1)11-7-13-15(22-11)19-5-3-17-13/h1-2,7-8H,3-6H2. The van der Waals surface area contributed by atoms with E-state index < -0.39 is 0 Å². The van der Waals surface area contributed by atoms with Crippen molar-refractivity contribution in [2.24, 2.45) is 0 Å². The Morgan fingerprint density at radius 2 is 1.00 bits per heavy atom. The quantitative estimate of drug-likeness (QED) is 0.412. The van der Waals surface area contributed by atoms with Crippen molar-refractivity contribution < 1.29 is 0 Å². The zero-order chi connectivity index (χ0) is 15.2. The molecule has 0 spiro atoms. The fourth-order valence-electron chi connectivity index (χ4n) is 2.54. The Labute approximate surface area is 164 Å². The van der Waals surface area contributed by atoms with E-state index in [4.69, 9.17) is 0 Å². The van der Waals surface area contributed by atoms with Gasteiger partial charge >= 0.3 is 0 Å². The van der Waals surface area contributed by atoms with Crippen LogP contribution in [0.2, 0.25) is 0 Å². The lowest BCUT2D eigenvalue weighted by Gasteiger charge is -2.07. The highest BCUT2D eigenvalue weighted by molar-refractivity contribution is 8.07. The Morgan fingerprint density at radius 1 is 0.522 bits per heavy atom. The zero-order valence-corrected chi connectivity index (χ0v) is 17.7. The summed E-state index contributed by atoms with van der Waals surface area (Å²) in [5, 5.41) is 0. The van der Waals surface area contributed by atoms with Crippen molar-refractivity contribution in [3.63, 3.8) is 0 Å². The van der Waals surface area contributed by atoms with Crippen molar-refractivity contribution in [3.05, 3.63) is 24.3 Å². The van der Waals surface area contributed by atoms with Crippen molar-refractivity contribution >= 4 is 81.1 Å². The van der Waals surface area contributed by atoms with E-state index in [2.05, 4.69) is 24.3 Å². The molecule has 3 aromatic heterocycles. The van der Waals surface area contributed by atoms with Gasteiger partial charge in [-0.25, -0.2) is 0 Å². The van der Waals surface area contributed by atoms with Gasteiger partial charge in [-0.15, -0.1) is 81.1 Å². The Balaban J connectivity index is 1.48. The van der Waals surface area contributed by atoms with Gasteiger partial charge in [0.25, 0.3) is 0 Å². The maximum atomic E-state index is 2.40. The summed E-state index contributed by atoms with van der Waals surface area (Å²) >= 11 is 14.0. The molecule has 5 rings (SSSR count). The summed E-state index contributed by atoms with van der Waals surface area (Å²) in [6, 6.07) is 9.42. The molecular formula is C16H12S7. The van der Waals surface area contributed by atoms with Crippen molar-refractivity contribution in [1.29, 1.82) is 0 Å². The lowest BCUT2D eigenvalue weighted by molar-refractivity contribution is 1.34. The first-order valence-electron chi connectivity index (χ1n) is 7.26. The van der Waals surface area contributed by atoms with E-state index in [0.29, 0.717) is 0 Å². The molecule has 0 fully saturated rings. The molecule has 0 N–H and O–H groups in total. The fourth-order valence-corrected chi connectivity index (χ4v) is 11.4. The van der Waals surface area contributed by atoms with E-state index in [1.165, 1.54) is 60.7 Å². The van der Waals surface area contributed by atoms with Crippen molar-refractivity contribution in [3.8, 4) is 19.5 Å². The summed E-state index contributed by atoms with van der Waals surface area (Å²) in [5.41, 5.74) is 0. The van der Waals surface area contributed by atoms with Gasteiger partial charge in [-0.05, 0) is 24.3 Å². The molecule has 5 heterocycles. The van der Waals surface area contributed by atoms with E-state index in [1.54, 1.807) is 0 Å². The molecule has 2 aliphatic heterocycles. The molecule has 118 valence electrons. The summed E-state index contributed by atoms with van der Waals surface area (Å²) in [4.78, 5) is 8.72. The van der Waals surface area contributed by atoms with Crippen LogP contribution in [-0.2, 0) is 0 Å². The molecule has 0 bridgehead atoms. The Kier molecular flexibility index (Phi) is 4.56. The topological polar surface area (TPSA) is 0 Å². The smallest absolute Gasteiger partial charge is 0.0741 e. The minimum absolute atomic E-state index is 1.25. The molecule has 0 amide bonds. The zero-order valence-electron chi connectivity index (χ0n) is 12.0. The van der Waals surface area contributed by atoms with Gasteiger partial charge in [-0.2, -0.15) is 0 Å². The highest BCUT2D eigenvalue weighted by atomic mass is 32.2. The van der Waals surface area contributed by atoms with Gasteiger partial charge in [0, 0.05) is 52.3 Å². The number of thioether (sulfide) groups is 4. The van der Waals surface area contributed by atoms with Gasteiger partial charge in [0.2, 0.25) is 0 Å². The van der Waals surface area contributed by atoms with Crippen LogP contribution in [0.4, 0.5) is 0 Å². The number of fused-ring (bicyclic) bond motifs is 2. The van der Waals surface area contributed by atoms with E-state index in [0.717, 1.165) is 0 Å². The van der Waals surface area contributed by atoms with Crippen molar-refractivity contribution in [2.45, 2.75) is 18.2 Å². The number of hydrogen-bond donors (Lipinski definition) is 0. The summed E-state index contributed by atoms with van der Waals surface area (Å²) < 4.78 is 3.04. The molecule has 7 heteroatoms. The molecule has 0 saturated heterocycles. The second-order valence-corrected chi connectivity index (χ2v) is 13.3. The van der Waals surface area contributed by atoms with Crippen LogP contribution in [0.25, 0.3) is 19.5 Å². The minimum atomic E-state index is 1.25. The Hall–Kier alpha value is 0.500. The molecule has 23 heavy (non-hydrogen) atoms. The van der Waals surface area contributed by atoms with E-state index in [9.17, 15) is 0 Å². The molecule has 0 nitrogen and oxygen atoms in total. The molecule has 0 atom stereocenters. The summed E-state index contributed by atoms with van der Waals surface area (Å²) in [5.74, 6) is 5.01. The average molecular weight is 429 g/mol. The summed E-state index contributed by atoms with van der Waals surface area (Å²) in [6.45, 7) is 0. The van der Waals surface area contributed by atoms with Crippen LogP contribution in [0, 0.1) is 0 Å². The number of thiophene rings is 3. The normalized spacial score (nSPS) is 17.0. The first-order valence-corrected chi connectivity index (χ1v) is 13.7. The molecule has 0 aliphatic carbocycles. The van der Waals surface area contributed by atoms with Crippen LogP contribution in [-0.4, -0.2) is 23.0 Å². The van der Waals surface area contributed by atoms with Gasteiger partial charge in [-0.1, -0.05) is 0 Å². The third-order valence-electron chi connectivity index (χ3n) is 3.57. The van der Waals surface area contributed by atoms with Gasteiger partial charge in [0.05, 0.1) is 8.42 Å². The summed E-state index contributed by atoms with van der Waals surface area (Å²) in [6.07, 6.45) is 0. The van der Waals surface area contributed by atoms with E-state index in [-0.39, 0.29) is 0 Å². The predicted octanol–water partition coefficient (Wildman–Crippen LogP) is 7.60. The highest BCUT2D eigenvalue weighted by Gasteiger charge is 2.19. The Bertz CT molecular complexity index is 738. The maximum absolute atomic E-state index is 2.40. The second kappa shape index (κ2) is 6.67. The van der Waals surface area contributed by atoms with Gasteiger partial charge in [0.15, 0.2) is 0 Å². The molecular weight excluding hydrogens is 417 g/mol. The van der Waals surface area contributed by atoms with Crippen molar-refractivity contribution in [1.82, 2.24) is 0 Å². The van der Waals surface area contributed by atoms with Gasteiger partial charge < -0.3 is 0 Å². The average Bonchev–Trinajstić information content (AvgIpc) is 3.30. The highest BCUT2D eigenvalue weighted by Crippen LogP contribution is 2.50. The molecule has 0 saturated carbocycles. The molecule has 0 aromatic carbocycles. The van der Waals surface area contributed by atoms with Crippen molar-refractivity contribution in [2.75, 3.05) is 23.0 Å². The third kappa shape index (κ3) is 3.07. The predicted molar refractivity (Wildman–Crippen MR) is 114 cm³/mol. The first-order chi connectivity index (χ1) is 11.4. The summed E-state index contributed by atoms with van der Waals surface area (Å²) in [7, 11) is 0. The number of hydrogen-bond acceptors (Lipinski definition) is 7. The van der Waals surface area contributed by atoms with Crippen LogP contribution in [0.3, 0.4) is 0 Å². The SMILES string of the molecule is c1cc(-c2cc3c(s2)SCCS3)sc1-c1cc2c(s1)SCCS2. The minimum Gasteiger partial charge on any atom is -0.134 e. The lowest BCUT2D eigenvalue weighted by atomic mass is 10.3. The first kappa shape index (κ1) is 15.7. The van der Waals surface area contributed by atoms with Crippen LogP contribution >= 0.6 is 81.1 Å². The monoisotopic (exact) mass is 428 g/mol. The Morgan fingerprint density at radius 3 is 1.48 bits per heavy atom. The molecule has 0 radical (unpaired) electrons. The second-order valence-electron chi connectivity index (χ2n) is 5.08. The fraction of sp³-hybridized carbons (Fsp3) is 0.250. The maximum Gasteiger partial charge on any atom is 0.0741 e. The lowest BCUT2D eigenvalue weighted by Crippen LogP contribution is -1.88.